The van der Waals surface area contributed by atoms with Gasteiger partial charge < -0.3 is 5.32 Å². The first kappa shape index (κ1) is 18.9. The van der Waals surface area contributed by atoms with Gasteiger partial charge in [0.25, 0.3) is 0 Å². The Bertz CT molecular complexity index is 869. The van der Waals surface area contributed by atoms with Crippen LogP contribution in [0.2, 0.25) is 0 Å². The van der Waals surface area contributed by atoms with Crippen molar-refractivity contribution in [2.24, 2.45) is 0 Å². The average Bonchev–Trinajstić information content (AvgIpc) is 3.44. The van der Waals surface area contributed by atoms with Gasteiger partial charge in [0, 0.05) is 6.54 Å². The van der Waals surface area contributed by atoms with Crippen LogP contribution in [0.4, 0.5) is 0 Å². The molecule has 0 spiro atoms. The Kier molecular flexibility index (Phi) is 6.20. The number of hydrogen-bond donors (Lipinski definition) is 1. The molecule has 4 heteroatoms. The van der Waals surface area contributed by atoms with Crippen molar-refractivity contribution >= 4 is 17.2 Å². The summed E-state index contributed by atoms with van der Waals surface area (Å²) in [6.45, 7) is 2.92. The van der Waals surface area contributed by atoms with E-state index >= 15 is 0 Å². The largest absolute Gasteiger partial charge is 0.354 e. The highest BCUT2D eigenvalue weighted by atomic mass is 32.1. The van der Waals surface area contributed by atoms with Gasteiger partial charge in [-0.15, -0.1) is 0 Å². The number of thiophene rings is 1. The van der Waals surface area contributed by atoms with Crippen LogP contribution >= 0.6 is 11.3 Å². The zero-order valence-corrected chi connectivity index (χ0v) is 16.8. The normalized spacial score (nSPS) is 15.4. The molecule has 0 bridgehead atoms. The first-order valence-corrected chi connectivity index (χ1v) is 10.9. The lowest BCUT2D eigenvalue weighted by molar-refractivity contribution is -0.120. The molecule has 0 aliphatic carbocycles. The fraction of sp³-hybridized carbons (Fsp3) is 0.292. The number of amides is 1. The van der Waals surface area contributed by atoms with E-state index in [0.717, 1.165) is 18.7 Å². The van der Waals surface area contributed by atoms with Gasteiger partial charge in [-0.1, -0.05) is 54.6 Å². The van der Waals surface area contributed by atoms with Gasteiger partial charge in [-0.2, -0.15) is 11.3 Å². The molecule has 1 aliphatic rings. The first-order chi connectivity index (χ1) is 13.8. The van der Waals surface area contributed by atoms with Crippen molar-refractivity contribution in [1.82, 2.24) is 10.2 Å². The minimum Gasteiger partial charge on any atom is -0.354 e. The Morgan fingerprint density at radius 2 is 1.68 bits per heavy atom. The third-order valence-corrected chi connectivity index (χ3v) is 6.13. The van der Waals surface area contributed by atoms with Gasteiger partial charge >= 0.3 is 0 Å². The zero-order valence-electron chi connectivity index (χ0n) is 16.0. The third kappa shape index (κ3) is 4.70. The Labute approximate surface area is 171 Å². The molecule has 28 heavy (non-hydrogen) atoms. The van der Waals surface area contributed by atoms with Crippen molar-refractivity contribution in [3.8, 4) is 11.1 Å². The maximum absolute atomic E-state index is 12.5. The predicted octanol–water partition coefficient (Wildman–Crippen LogP) is 4.91. The molecule has 1 saturated heterocycles. The summed E-state index contributed by atoms with van der Waals surface area (Å²) in [6.07, 6.45) is 2.93. The molecule has 3 nitrogen and oxygen atoms in total. The Hall–Kier alpha value is -2.43. The molecule has 1 amide bonds. The van der Waals surface area contributed by atoms with Crippen LogP contribution < -0.4 is 5.32 Å². The lowest BCUT2D eigenvalue weighted by atomic mass is 10.0. The molecule has 4 rings (SSSR count). The molecule has 144 valence electrons. The quantitative estimate of drug-likeness (QED) is 0.622. The van der Waals surface area contributed by atoms with E-state index in [1.54, 1.807) is 11.3 Å². The lowest BCUT2D eigenvalue weighted by Gasteiger charge is -2.27. The van der Waals surface area contributed by atoms with E-state index in [9.17, 15) is 4.79 Å². The molecular formula is C24H26N2OS. The van der Waals surface area contributed by atoms with E-state index in [2.05, 4.69) is 63.4 Å². The summed E-state index contributed by atoms with van der Waals surface area (Å²) in [5, 5.41) is 7.49. The van der Waals surface area contributed by atoms with E-state index in [0.29, 0.717) is 13.0 Å². The van der Waals surface area contributed by atoms with Gasteiger partial charge in [-0.05, 0) is 65.0 Å². The fourth-order valence-electron chi connectivity index (χ4n) is 3.88. The second-order valence-corrected chi connectivity index (χ2v) is 8.14. The van der Waals surface area contributed by atoms with Gasteiger partial charge in [0.1, 0.15) is 0 Å². The summed E-state index contributed by atoms with van der Waals surface area (Å²) < 4.78 is 0. The van der Waals surface area contributed by atoms with Crippen LogP contribution in [-0.4, -0.2) is 30.4 Å². The second-order valence-electron chi connectivity index (χ2n) is 7.36. The van der Waals surface area contributed by atoms with Crippen molar-refractivity contribution in [2.45, 2.75) is 25.3 Å². The van der Waals surface area contributed by atoms with Crippen LogP contribution in [0.25, 0.3) is 11.1 Å². The number of carbonyl (C=O) groups is 1. The van der Waals surface area contributed by atoms with Gasteiger partial charge in [0.05, 0.1) is 12.5 Å². The Balaban J connectivity index is 1.34. The minimum atomic E-state index is 0.0897. The predicted molar refractivity (Wildman–Crippen MR) is 116 cm³/mol. The van der Waals surface area contributed by atoms with E-state index in [1.807, 2.05) is 18.2 Å². The van der Waals surface area contributed by atoms with Gasteiger partial charge in [-0.3, -0.25) is 9.69 Å². The van der Waals surface area contributed by atoms with E-state index in [4.69, 9.17) is 0 Å². The topological polar surface area (TPSA) is 32.3 Å². The number of likely N-dealkylation sites (tertiary alicyclic amines) is 1. The maximum atomic E-state index is 12.5. The maximum Gasteiger partial charge on any atom is 0.224 e. The Morgan fingerprint density at radius 3 is 2.36 bits per heavy atom. The van der Waals surface area contributed by atoms with Crippen molar-refractivity contribution in [3.05, 3.63) is 82.6 Å². The number of hydrogen-bond acceptors (Lipinski definition) is 3. The molecule has 1 aliphatic heterocycles. The van der Waals surface area contributed by atoms with Crippen molar-refractivity contribution < 1.29 is 4.79 Å². The summed E-state index contributed by atoms with van der Waals surface area (Å²) in [5.74, 6) is 0.0897. The summed E-state index contributed by atoms with van der Waals surface area (Å²) in [5.41, 5.74) is 4.74. The molecule has 0 radical (unpaired) electrons. The summed E-state index contributed by atoms with van der Waals surface area (Å²) in [6, 6.07) is 21.1. The van der Waals surface area contributed by atoms with E-state index in [1.165, 1.54) is 29.5 Å². The molecule has 1 fully saturated rings. The van der Waals surface area contributed by atoms with Gasteiger partial charge in [0.2, 0.25) is 5.91 Å². The number of benzene rings is 2. The molecule has 0 saturated carbocycles. The van der Waals surface area contributed by atoms with Crippen molar-refractivity contribution in [1.29, 1.82) is 0 Å². The highest BCUT2D eigenvalue weighted by Crippen LogP contribution is 2.26. The molecule has 1 N–H and O–H groups in total. The lowest BCUT2D eigenvalue weighted by Crippen LogP contribution is -2.37. The van der Waals surface area contributed by atoms with Crippen LogP contribution in [0.1, 0.15) is 30.0 Å². The molecule has 3 aromatic rings. The summed E-state index contributed by atoms with van der Waals surface area (Å²) in [7, 11) is 0. The SMILES string of the molecule is O=C(Cc1ccc(-c2ccccc2)cc1)NCC(c1ccsc1)N1CCCC1. The first-order valence-electron chi connectivity index (χ1n) is 9.97. The smallest absolute Gasteiger partial charge is 0.224 e. The van der Waals surface area contributed by atoms with Crippen LogP contribution in [0.3, 0.4) is 0 Å². The highest BCUT2D eigenvalue weighted by Gasteiger charge is 2.24. The molecule has 1 aromatic heterocycles. The zero-order chi connectivity index (χ0) is 19.2. The van der Waals surface area contributed by atoms with Crippen LogP contribution in [0.5, 0.6) is 0 Å². The number of nitrogens with zero attached hydrogens (tertiary/aromatic N) is 1. The molecule has 2 heterocycles. The molecule has 1 atom stereocenters. The van der Waals surface area contributed by atoms with Gasteiger partial charge in [0.15, 0.2) is 0 Å². The highest BCUT2D eigenvalue weighted by molar-refractivity contribution is 7.07. The van der Waals surface area contributed by atoms with Crippen LogP contribution in [-0.2, 0) is 11.2 Å². The monoisotopic (exact) mass is 390 g/mol. The van der Waals surface area contributed by atoms with Crippen LogP contribution in [0.15, 0.2) is 71.4 Å². The summed E-state index contributed by atoms with van der Waals surface area (Å²) in [4.78, 5) is 15.0. The second kappa shape index (κ2) is 9.18. The number of nitrogens with one attached hydrogen (secondary N) is 1. The Morgan fingerprint density at radius 1 is 0.964 bits per heavy atom. The molecule has 1 unspecified atom stereocenters. The average molecular weight is 391 g/mol. The van der Waals surface area contributed by atoms with Crippen LogP contribution in [0, 0.1) is 0 Å². The number of rotatable bonds is 7. The molecule has 2 aromatic carbocycles. The molecular weight excluding hydrogens is 364 g/mol. The standard InChI is InChI=1S/C24H26N2OS/c27-24(16-19-8-10-21(11-9-19)20-6-2-1-3-7-20)25-17-23(22-12-15-28-18-22)26-13-4-5-14-26/h1-3,6-12,15,18,23H,4-5,13-14,16-17H2,(H,25,27). The number of carbonyl (C=O) groups excluding carboxylic acids is 1. The summed E-state index contributed by atoms with van der Waals surface area (Å²) >= 11 is 1.72. The van der Waals surface area contributed by atoms with Crippen molar-refractivity contribution in [3.63, 3.8) is 0 Å². The third-order valence-electron chi connectivity index (χ3n) is 5.43. The van der Waals surface area contributed by atoms with Crippen molar-refractivity contribution in [2.75, 3.05) is 19.6 Å². The fourth-order valence-corrected chi connectivity index (χ4v) is 4.59. The minimum absolute atomic E-state index is 0.0897. The van der Waals surface area contributed by atoms with Gasteiger partial charge in [-0.25, -0.2) is 0 Å². The van der Waals surface area contributed by atoms with E-state index in [-0.39, 0.29) is 11.9 Å². The van der Waals surface area contributed by atoms with E-state index < -0.39 is 0 Å².